The van der Waals surface area contributed by atoms with Gasteiger partial charge < -0.3 is 0 Å². The second-order valence-corrected chi connectivity index (χ2v) is 7.08. The molecule has 0 N–H and O–H groups in total. The van der Waals surface area contributed by atoms with Gasteiger partial charge in [-0.25, -0.2) is 8.42 Å². The molecule has 0 amide bonds. The Hall–Kier alpha value is -1.33. The zero-order chi connectivity index (χ0) is 15.6. The van der Waals surface area contributed by atoms with E-state index in [9.17, 15) is 21.6 Å². The van der Waals surface area contributed by atoms with E-state index < -0.39 is 32.9 Å². The van der Waals surface area contributed by atoms with Crippen molar-refractivity contribution in [2.75, 3.05) is 5.75 Å². The second kappa shape index (κ2) is 5.58. The van der Waals surface area contributed by atoms with Crippen LogP contribution >= 0.6 is 11.6 Å². The normalized spacial score (nSPS) is 15.4. The van der Waals surface area contributed by atoms with Gasteiger partial charge in [-0.1, -0.05) is 11.6 Å². The Labute approximate surface area is 119 Å². The van der Waals surface area contributed by atoms with E-state index in [0.29, 0.717) is 0 Å². The number of pyridine rings is 1. The molecule has 0 spiro atoms. The summed E-state index contributed by atoms with van der Waals surface area (Å²) in [5, 5.41) is 9.31. The average Bonchev–Trinajstić information content (AvgIpc) is 2.35. The lowest BCUT2D eigenvalue weighted by Gasteiger charge is -2.21. The lowest BCUT2D eigenvalue weighted by atomic mass is 10.1. The summed E-state index contributed by atoms with van der Waals surface area (Å²) in [4.78, 5) is 3.72. The average molecular weight is 327 g/mol. The molecular weight excluding hydrogens is 317 g/mol. The maximum Gasteiger partial charge on any atom is 0.390 e. The monoisotopic (exact) mass is 326 g/mol. The molecule has 0 bridgehead atoms. The topological polar surface area (TPSA) is 70.8 Å². The SMILES string of the molecule is CC(C#N)(c1ccc(Cl)cn1)S(=O)(=O)CCC(F)(F)F. The number of hydrogen-bond acceptors (Lipinski definition) is 4. The second-order valence-electron chi connectivity index (χ2n) is 4.19. The van der Waals surface area contributed by atoms with Crippen LogP contribution in [0.4, 0.5) is 13.2 Å². The zero-order valence-electron chi connectivity index (χ0n) is 10.3. The van der Waals surface area contributed by atoms with Crippen LogP contribution < -0.4 is 0 Å². The van der Waals surface area contributed by atoms with Crippen LogP contribution in [0.5, 0.6) is 0 Å². The van der Waals surface area contributed by atoms with E-state index >= 15 is 0 Å². The maximum atomic E-state index is 12.2. The van der Waals surface area contributed by atoms with Crippen molar-refractivity contribution < 1.29 is 21.6 Å². The molecule has 0 aliphatic rings. The van der Waals surface area contributed by atoms with Gasteiger partial charge in [-0.2, -0.15) is 18.4 Å². The van der Waals surface area contributed by atoms with Crippen LogP contribution in [0.3, 0.4) is 0 Å². The smallest absolute Gasteiger partial charge is 0.257 e. The van der Waals surface area contributed by atoms with Crippen molar-refractivity contribution in [3.8, 4) is 6.07 Å². The van der Waals surface area contributed by atoms with Crippen LogP contribution in [-0.4, -0.2) is 25.3 Å². The molecule has 0 radical (unpaired) electrons. The van der Waals surface area contributed by atoms with Crippen LogP contribution in [0, 0.1) is 11.3 Å². The fourth-order valence-corrected chi connectivity index (χ4v) is 3.00. The van der Waals surface area contributed by atoms with Gasteiger partial charge in [0.15, 0.2) is 14.6 Å². The number of hydrogen-bond donors (Lipinski definition) is 0. The first-order valence-electron chi connectivity index (χ1n) is 5.34. The van der Waals surface area contributed by atoms with Gasteiger partial charge in [0.05, 0.1) is 29.0 Å². The number of sulfone groups is 1. The van der Waals surface area contributed by atoms with Gasteiger partial charge in [0.2, 0.25) is 0 Å². The standard InChI is InChI=1S/C11H10ClF3N2O2S/c1-10(7-16,9-3-2-8(12)6-17-9)20(18,19)5-4-11(13,14)15/h2-3,6H,4-5H2,1H3. The van der Waals surface area contributed by atoms with Crippen LogP contribution in [0.2, 0.25) is 5.02 Å². The molecule has 0 aliphatic carbocycles. The quantitative estimate of drug-likeness (QED) is 0.853. The highest BCUT2D eigenvalue weighted by Gasteiger charge is 2.44. The lowest BCUT2D eigenvalue weighted by Crippen LogP contribution is -2.35. The Morgan fingerprint density at radius 1 is 1.40 bits per heavy atom. The fraction of sp³-hybridized carbons (Fsp3) is 0.455. The first-order chi connectivity index (χ1) is 9.02. The van der Waals surface area contributed by atoms with Crippen molar-refractivity contribution in [2.45, 2.75) is 24.3 Å². The highest BCUT2D eigenvalue weighted by atomic mass is 35.5. The Kier molecular flexibility index (Phi) is 4.66. The molecule has 1 atom stereocenters. The van der Waals surface area contributed by atoms with Gasteiger partial charge in [0.25, 0.3) is 0 Å². The van der Waals surface area contributed by atoms with E-state index in [1.165, 1.54) is 18.2 Å². The molecule has 1 rings (SSSR count). The number of nitrogens with zero attached hydrogens (tertiary/aromatic N) is 2. The molecule has 1 heterocycles. The minimum atomic E-state index is -4.61. The van der Waals surface area contributed by atoms with Crippen molar-refractivity contribution in [3.05, 3.63) is 29.0 Å². The van der Waals surface area contributed by atoms with Gasteiger partial charge in [-0.15, -0.1) is 0 Å². The number of alkyl halides is 3. The number of aromatic nitrogens is 1. The maximum absolute atomic E-state index is 12.2. The first kappa shape index (κ1) is 16.7. The van der Waals surface area contributed by atoms with Crippen LogP contribution in [0.1, 0.15) is 19.0 Å². The molecule has 0 saturated carbocycles. The van der Waals surface area contributed by atoms with E-state index in [0.717, 1.165) is 13.1 Å². The third kappa shape index (κ3) is 3.61. The molecule has 1 aromatic heterocycles. The summed E-state index contributed by atoms with van der Waals surface area (Å²) >= 11 is 5.60. The molecule has 0 fully saturated rings. The summed E-state index contributed by atoms with van der Waals surface area (Å²) in [6.45, 7) is 1.02. The predicted octanol–water partition coefficient (Wildman–Crippen LogP) is 2.84. The molecule has 20 heavy (non-hydrogen) atoms. The lowest BCUT2D eigenvalue weighted by molar-refractivity contribution is -0.130. The highest BCUT2D eigenvalue weighted by Crippen LogP contribution is 2.32. The third-order valence-corrected chi connectivity index (χ3v) is 5.22. The molecule has 4 nitrogen and oxygen atoms in total. The molecule has 110 valence electrons. The van der Waals surface area contributed by atoms with Gasteiger partial charge in [0, 0.05) is 6.20 Å². The summed E-state index contributed by atoms with van der Waals surface area (Å²) in [6.07, 6.45) is -5.00. The van der Waals surface area contributed by atoms with E-state index in [4.69, 9.17) is 16.9 Å². The minimum Gasteiger partial charge on any atom is -0.257 e. The predicted molar refractivity (Wildman–Crippen MR) is 66.7 cm³/mol. The first-order valence-corrected chi connectivity index (χ1v) is 7.37. The number of nitriles is 1. The number of halogens is 4. The van der Waals surface area contributed by atoms with Crippen LogP contribution in [-0.2, 0) is 14.6 Å². The Morgan fingerprint density at radius 3 is 2.40 bits per heavy atom. The number of rotatable bonds is 4. The van der Waals surface area contributed by atoms with E-state index in [1.807, 2.05) is 0 Å². The minimum absolute atomic E-state index is 0.161. The highest BCUT2D eigenvalue weighted by molar-refractivity contribution is 7.92. The van der Waals surface area contributed by atoms with Gasteiger partial charge in [-0.3, -0.25) is 4.98 Å². The largest absolute Gasteiger partial charge is 0.390 e. The third-order valence-electron chi connectivity index (χ3n) is 2.71. The van der Waals surface area contributed by atoms with E-state index in [2.05, 4.69) is 4.98 Å². The summed E-state index contributed by atoms with van der Waals surface area (Å²) in [7, 11) is -4.36. The van der Waals surface area contributed by atoms with E-state index in [-0.39, 0.29) is 10.7 Å². The van der Waals surface area contributed by atoms with Crippen molar-refractivity contribution in [1.82, 2.24) is 4.98 Å². The summed E-state index contributed by atoms with van der Waals surface area (Å²) in [6, 6.07) is 4.05. The molecule has 0 aliphatic heterocycles. The molecule has 0 aromatic carbocycles. The van der Waals surface area contributed by atoms with Crippen LogP contribution in [0.15, 0.2) is 18.3 Å². The molecule has 9 heteroatoms. The van der Waals surface area contributed by atoms with Crippen molar-refractivity contribution in [2.24, 2.45) is 0 Å². The summed E-state index contributed by atoms with van der Waals surface area (Å²) in [5.74, 6) is -1.18. The summed E-state index contributed by atoms with van der Waals surface area (Å²) < 4.78 is 58.3. The summed E-state index contributed by atoms with van der Waals surface area (Å²) in [5.41, 5.74) is -0.161. The van der Waals surface area contributed by atoms with Gasteiger partial charge in [-0.05, 0) is 19.1 Å². The van der Waals surface area contributed by atoms with Crippen molar-refractivity contribution in [3.63, 3.8) is 0 Å². The van der Waals surface area contributed by atoms with Gasteiger partial charge >= 0.3 is 6.18 Å². The van der Waals surface area contributed by atoms with Gasteiger partial charge in [0.1, 0.15) is 0 Å². The van der Waals surface area contributed by atoms with E-state index in [1.54, 1.807) is 0 Å². The molecule has 1 aromatic rings. The Balaban J connectivity index is 3.17. The Bertz CT molecular complexity index is 623. The molecular formula is C11H10ClF3N2O2S. The Morgan fingerprint density at radius 2 is 2.00 bits per heavy atom. The zero-order valence-corrected chi connectivity index (χ0v) is 11.8. The fourth-order valence-electron chi connectivity index (χ4n) is 1.40. The van der Waals surface area contributed by atoms with Crippen LogP contribution in [0.25, 0.3) is 0 Å². The molecule has 1 unspecified atom stereocenters. The molecule has 0 saturated heterocycles. The van der Waals surface area contributed by atoms with Crippen molar-refractivity contribution in [1.29, 1.82) is 5.26 Å². The van der Waals surface area contributed by atoms with Crippen molar-refractivity contribution >= 4 is 21.4 Å².